The minimum atomic E-state index is -0.404. The van der Waals surface area contributed by atoms with Gasteiger partial charge in [-0.2, -0.15) is 4.98 Å². The second-order valence-corrected chi connectivity index (χ2v) is 10.0. The van der Waals surface area contributed by atoms with Gasteiger partial charge in [0.1, 0.15) is 12.1 Å². The van der Waals surface area contributed by atoms with Gasteiger partial charge in [0, 0.05) is 42.3 Å². The lowest BCUT2D eigenvalue weighted by molar-refractivity contribution is 0.207. The third kappa shape index (κ3) is 3.97. The summed E-state index contributed by atoms with van der Waals surface area (Å²) in [5, 5.41) is 23.3. The van der Waals surface area contributed by atoms with E-state index in [0.717, 1.165) is 18.7 Å². The van der Waals surface area contributed by atoms with E-state index in [1.165, 1.54) is 29.8 Å². The summed E-state index contributed by atoms with van der Waals surface area (Å²) in [7, 11) is 3.67. The zero-order valence-corrected chi connectivity index (χ0v) is 19.4. The van der Waals surface area contributed by atoms with E-state index >= 15 is 0 Å². The molecule has 3 atom stereocenters. The van der Waals surface area contributed by atoms with Crippen molar-refractivity contribution in [1.29, 1.82) is 0 Å². The Kier molecular flexibility index (Phi) is 4.97. The van der Waals surface area contributed by atoms with E-state index in [0.29, 0.717) is 22.9 Å². The first-order valence-corrected chi connectivity index (χ1v) is 11.2. The van der Waals surface area contributed by atoms with Gasteiger partial charge in [0.25, 0.3) is 0 Å². The molecule has 2 bridgehead atoms. The van der Waals surface area contributed by atoms with Gasteiger partial charge in [0.15, 0.2) is 11.6 Å². The molecule has 5 rings (SSSR count). The number of anilines is 1. The summed E-state index contributed by atoms with van der Waals surface area (Å²) in [4.78, 5) is 22.1. The van der Waals surface area contributed by atoms with Crippen molar-refractivity contribution in [3.05, 3.63) is 47.1 Å². The smallest absolute Gasteiger partial charge is 0.350 e. The van der Waals surface area contributed by atoms with E-state index in [2.05, 4.69) is 51.3 Å². The Bertz CT molecular complexity index is 1240. The van der Waals surface area contributed by atoms with Gasteiger partial charge in [0.05, 0.1) is 5.69 Å². The molecule has 2 aliphatic heterocycles. The molecule has 2 saturated heterocycles. The summed E-state index contributed by atoms with van der Waals surface area (Å²) >= 11 is 0. The van der Waals surface area contributed by atoms with Crippen molar-refractivity contribution in [2.45, 2.75) is 56.7 Å². The number of aromatic nitrogens is 5. The number of benzene rings is 1. The van der Waals surface area contributed by atoms with E-state index in [9.17, 15) is 9.90 Å². The zero-order chi connectivity index (χ0) is 23.4. The van der Waals surface area contributed by atoms with Crippen LogP contribution in [0.2, 0.25) is 0 Å². The summed E-state index contributed by atoms with van der Waals surface area (Å²) < 4.78 is 1.29. The van der Waals surface area contributed by atoms with Gasteiger partial charge in [-0.3, -0.25) is 4.57 Å². The number of fused-ring (bicyclic) bond motifs is 2. The molecule has 0 amide bonds. The molecule has 2 aliphatic rings. The van der Waals surface area contributed by atoms with Crippen molar-refractivity contribution < 1.29 is 5.11 Å². The van der Waals surface area contributed by atoms with Crippen LogP contribution in [0, 0.1) is 0 Å². The molecule has 3 aromatic rings. The summed E-state index contributed by atoms with van der Waals surface area (Å²) in [6, 6.07) is 9.27. The SMILES string of the molecule is CN(c1ccc(-c2ccc(-c3ncn(C)c(=O)n3)cc2O)nn1)[C@H]1C[C@]2(C)CC[C@](C)(C1)N2. The molecule has 2 fully saturated rings. The quantitative estimate of drug-likeness (QED) is 0.628. The fraction of sp³-hybridized carbons (Fsp3) is 0.458. The van der Waals surface area contributed by atoms with Crippen LogP contribution in [0.4, 0.5) is 5.82 Å². The Morgan fingerprint density at radius 3 is 2.45 bits per heavy atom. The molecule has 0 spiro atoms. The Morgan fingerprint density at radius 2 is 1.85 bits per heavy atom. The Balaban J connectivity index is 1.36. The number of phenolic OH excluding ortho intramolecular Hbond substituents is 1. The fourth-order valence-corrected chi connectivity index (χ4v) is 5.36. The number of aryl methyl sites for hydroxylation is 1. The molecule has 0 radical (unpaired) electrons. The van der Waals surface area contributed by atoms with Gasteiger partial charge in [-0.1, -0.05) is 6.07 Å². The monoisotopic (exact) mass is 447 g/mol. The highest BCUT2D eigenvalue weighted by Crippen LogP contribution is 2.43. The van der Waals surface area contributed by atoms with E-state index < -0.39 is 5.69 Å². The van der Waals surface area contributed by atoms with Crippen LogP contribution >= 0.6 is 0 Å². The molecule has 33 heavy (non-hydrogen) atoms. The van der Waals surface area contributed by atoms with E-state index in [1.54, 1.807) is 19.2 Å². The average Bonchev–Trinajstić information content (AvgIpc) is 3.01. The van der Waals surface area contributed by atoms with Crippen LogP contribution in [0.3, 0.4) is 0 Å². The van der Waals surface area contributed by atoms with Crippen molar-refractivity contribution >= 4 is 5.82 Å². The van der Waals surface area contributed by atoms with Crippen molar-refractivity contribution in [2.75, 3.05) is 11.9 Å². The molecule has 172 valence electrons. The number of phenols is 1. The lowest BCUT2D eigenvalue weighted by Gasteiger charge is -2.45. The van der Waals surface area contributed by atoms with Crippen molar-refractivity contribution in [3.63, 3.8) is 0 Å². The number of hydrogen-bond acceptors (Lipinski definition) is 8. The van der Waals surface area contributed by atoms with Gasteiger partial charge < -0.3 is 15.3 Å². The highest BCUT2D eigenvalue weighted by atomic mass is 16.3. The van der Waals surface area contributed by atoms with E-state index in [1.807, 2.05) is 12.1 Å². The Labute approximate surface area is 192 Å². The number of hydrogen-bond donors (Lipinski definition) is 2. The zero-order valence-electron chi connectivity index (χ0n) is 19.4. The molecule has 2 aromatic heterocycles. The third-order valence-corrected chi connectivity index (χ3v) is 7.15. The highest BCUT2D eigenvalue weighted by molar-refractivity contribution is 5.72. The van der Waals surface area contributed by atoms with Crippen molar-refractivity contribution in [2.24, 2.45) is 7.05 Å². The van der Waals surface area contributed by atoms with Crippen LogP contribution in [0.1, 0.15) is 39.5 Å². The van der Waals surface area contributed by atoms with Gasteiger partial charge in [0.2, 0.25) is 0 Å². The Morgan fingerprint density at radius 1 is 1.12 bits per heavy atom. The number of piperidine rings is 1. The van der Waals surface area contributed by atoms with Crippen LogP contribution in [-0.2, 0) is 7.05 Å². The fourth-order valence-electron chi connectivity index (χ4n) is 5.36. The maximum absolute atomic E-state index is 11.8. The Hall–Kier alpha value is -3.33. The first-order chi connectivity index (χ1) is 15.6. The number of nitrogens with zero attached hydrogens (tertiary/aromatic N) is 6. The molecule has 0 saturated carbocycles. The van der Waals surface area contributed by atoms with Gasteiger partial charge in [-0.05, 0) is 63.8 Å². The van der Waals surface area contributed by atoms with Crippen LogP contribution in [0.5, 0.6) is 5.75 Å². The number of aromatic hydroxyl groups is 1. The molecule has 4 heterocycles. The molecule has 0 aliphatic carbocycles. The molecular formula is C24H29N7O2. The first-order valence-electron chi connectivity index (χ1n) is 11.2. The molecule has 1 aromatic carbocycles. The standard InChI is InChI=1S/C24H29N7O2/c1-23-9-10-24(2,29-23)13-16(12-23)31(4)20-8-7-18(27-28-20)17-6-5-15(11-19(17)32)21-25-14-30(3)22(33)26-21/h5-8,11,14,16,29,32H,9-10,12-13H2,1-4H3/t16-,23-,24+. The lowest BCUT2D eigenvalue weighted by Crippen LogP contribution is -2.58. The van der Waals surface area contributed by atoms with Gasteiger partial charge >= 0.3 is 5.69 Å². The first kappa shape index (κ1) is 21.5. The largest absolute Gasteiger partial charge is 0.507 e. The molecule has 0 unspecified atom stereocenters. The number of nitrogens with one attached hydrogen (secondary N) is 1. The summed E-state index contributed by atoms with van der Waals surface area (Å²) in [5.74, 6) is 1.12. The maximum Gasteiger partial charge on any atom is 0.350 e. The molecule has 2 N–H and O–H groups in total. The van der Waals surface area contributed by atoms with Crippen LogP contribution in [0.15, 0.2) is 41.5 Å². The number of rotatable bonds is 4. The normalized spacial score (nSPS) is 26.4. The summed E-state index contributed by atoms with van der Waals surface area (Å²) in [6.45, 7) is 4.63. The predicted molar refractivity (Wildman–Crippen MR) is 126 cm³/mol. The van der Waals surface area contributed by atoms with Gasteiger partial charge in [-0.25, -0.2) is 9.78 Å². The third-order valence-electron chi connectivity index (χ3n) is 7.15. The van der Waals surface area contributed by atoms with E-state index in [4.69, 9.17) is 0 Å². The topological polar surface area (TPSA) is 109 Å². The summed E-state index contributed by atoms with van der Waals surface area (Å²) in [5.41, 5.74) is 1.65. The van der Waals surface area contributed by atoms with Crippen LogP contribution < -0.4 is 15.9 Å². The second kappa shape index (κ2) is 7.62. The van der Waals surface area contributed by atoms with Crippen molar-refractivity contribution in [3.8, 4) is 28.4 Å². The molecule has 9 heteroatoms. The van der Waals surface area contributed by atoms with E-state index in [-0.39, 0.29) is 22.7 Å². The molecule has 9 nitrogen and oxygen atoms in total. The van der Waals surface area contributed by atoms with Crippen molar-refractivity contribution in [1.82, 2.24) is 30.0 Å². The second-order valence-electron chi connectivity index (χ2n) is 10.0. The highest BCUT2D eigenvalue weighted by Gasteiger charge is 2.49. The van der Waals surface area contributed by atoms with Crippen LogP contribution in [0.25, 0.3) is 22.6 Å². The average molecular weight is 448 g/mol. The van der Waals surface area contributed by atoms with Crippen LogP contribution in [-0.4, -0.2) is 54.0 Å². The summed E-state index contributed by atoms with van der Waals surface area (Å²) in [6.07, 6.45) is 5.97. The minimum absolute atomic E-state index is 0.0305. The lowest BCUT2D eigenvalue weighted by atomic mass is 9.84. The maximum atomic E-state index is 11.8. The predicted octanol–water partition coefficient (Wildman–Crippen LogP) is 2.50. The van der Waals surface area contributed by atoms with Gasteiger partial charge in [-0.15, -0.1) is 10.2 Å². The minimum Gasteiger partial charge on any atom is -0.507 e. The molecular weight excluding hydrogens is 418 g/mol.